The summed E-state index contributed by atoms with van der Waals surface area (Å²) in [5.74, 6) is -1.41. The second-order valence-corrected chi connectivity index (χ2v) is 4.86. The van der Waals surface area contributed by atoms with Crippen LogP contribution in [0.5, 0.6) is 0 Å². The lowest BCUT2D eigenvalue weighted by Gasteiger charge is -2.08. The van der Waals surface area contributed by atoms with Gasteiger partial charge in [-0.15, -0.1) is 0 Å². The van der Waals surface area contributed by atoms with Crippen LogP contribution in [-0.4, -0.2) is 24.6 Å². The molecule has 1 amide bonds. The van der Waals surface area contributed by atoms with E-state index in [1.54, 1.807) is 13.0 Å². The molecule has 7 heteroatoms. The molecule has 0 bridgehead atoms. The first-order valence-electron chi connectivity index (χ1n) is 4.57. The molecule has 6 nitrogen and oxygen atoms in total. The molecular weight excluding hydrogens is 244 g/mol. The zero-order valence-corrected chi connectivity index (χ0v) is 10.4. The van der Waals surface area contributed by atoms with Gasteiger partial charge in [0.15, 0.2) is 0 Å². The van der Waals surface area contributed by atoms with Crippen LogP contribution in [0.3, 0.4) is 0 Å². The van der Waals surface area contributed by atoms with Crippen molar-refractivity contribution in [2.45, 2.75) is 13.3 Å². The van der Waals surface area contributed by atoms with Crippen molar-refractivity contribution < 1.29 is 17.8 Å². The van der Waals surface area contributed by atoms with Gasteiger partial charge < -0.3 is 5.73 Å². The summed E-state index contributed by atoms with van der Waals surface area (Å²) in [4.78, 5) is 10.5. The van der Waals surface area contributed by atoms with Gasteiger partial charge in [-0.2, -0.15) is 13.7 Å². The predicted molar refractivity (Wildman–Crippen MR) is 64.3 cm³/mol. The van der Waals surface area contributed by atoms with Crippen molar-refractivity contribution in [3.63, 3.8) is 0 Å². The molecule has 0 aliphatic carbocycles. The van der Waals surface area contributed by atoms with E-state index in [4.69, 9.17) is 15.5 Å². The van der Waals surface area contributed by atoms with Crippen molar-refractivity contribution >= 4 is 16.0 Å². The number of hydrogen-bond donors (Lipinski definition) is 2. The number of amides is 1. The molecule has 3 N–H and O–H groups in total. The second-order valence-electron chi connectivity index (χ2n) is 3.36. The van der Waals surface area contributed by atoms with E-state index in [1.165, 1.54) is 6.08 Å². The Morgan fingerprint density at radius 1 is 1.65 bits per heavy atom. The normalized spacial score (nSPS) is 11.4. The summed E-state index contributed by atoms with van der Waals surface area (Å²) in [6.07, 6.45) is 1.36. The van der Waals surface area contributed by atoms with Crippen LogP contribution in [-0.2, 0) is 14.9 Å². The van der Waals surface area contributed by atoms with Crippen molar-refractivity contribution in [3.8, 4) is 6.07 Å². The second kappa shape index (κ2) is 8.50. The third-order valence-electron chi connectivity index (χ3n) is 1.53. The molecule has 0 saturated heterocycles. The standard InChI is InChI=1S/C7H13NO4S.C3H3N/c1-5(4-13(10,11)12)3-6(2)7(8)9;1-2-3-4/h5H,2-4H2,1H3,(H2,8,9)(H,10,11,12);2H,1H2. The Morgan fingerprint density at radius 3 is 2.29 bits per heavy atom. The van der Waals surface area contributed by atoms with Crippen LogP contribution in [0.1, 0.15) is 13.3 Å². The molecule has 1 atom stereocenters. The van der Waals surface area contributed by atoms with Crippen LogP contribution >= 0.6 is 0 Å². The lowest BCUT2D eigenvalue weighted by Crippen LogP contribution is -2.18. The Hall–Kier alpha value is -1.65. The van der Waals surface area contributed by atoms with Gasteiger partial charge in [-0.05, 0) is 12.3 Å². The molecule has 0 rings (SSSR count). The minimum absolute atomic E-state index is 0.163. The molecule has 1 unspecified atom stereocenters. The highest BCUT2D eigenvalue weighted by molar-refractivity contribution is 7.85. The number of primary amides is 1. The van der Waals surface area contributed by atoms with Gasteiger partial charge in [0.1, 0.15) is 0 Å². The summed E-state index contributed by atoms with van der Waals surface area (Å²) in [6.45, 7) is 8.08. The molecule has 17 heavy (non-hydrogen) atoms. The van der Waals surface area contributed by atoms with Gasteiger partial charge in [0, 0.05) is 11.6 Å². The molecule has 0 aromatic heterocycles. The van der Waals surface area contributed by atoms with E-state index in [0.29, 0.717) is 0 Å². The minimum atomic E-state index is -3.99. The van der Waals surface area contributed by atoms with E-state index in [1.807, 2.05) is 0 Å². The molecule has 0 spiro atoms. The Morgan fingerprint density at radius 2 is 2.06 bits per heavy atom. The Labute approximate surface area is 101 Å². The highest BCUT2D eigenvalue weighted by atomic mass is 32.2. The van der Waals surface area contributed by atoms with Crippen LogP contribution in [0.15, 0.2) is 24.8 Å². The SMILES string of the molecule is C=C(CC(C)CS(=O)(=O)O)C(N)=O.C=CC#N. The molecule has 0 aromatic carbocycles. The lowest BCUT2D eigenvalue weighted by molar-refractivity contribution is -0.114. The van der Waals surface area contributed by atoms with Gasteiger partial charge in [-0.1, -0.05) is 20.1 Å². The zero-order chi connectivity index (χ0) is 14.1. The van der Waals surface area contributed by atoms with Crippen LogP contribution in [0.2, 0.25) is 0 Å². The predicted octanol–water partition coefficient (Wildman–Crippen LogP) is 0.638. The van der Waals surface area contributed by atoms with Gasteiger partial charge >= 0.3 is 0 Å². The third kappa shape index (κ3) is 14.4. The Balaban J connectivity index is 0. The summed E-state index contributed by atoms with van der Waals surface area (Å²) in [5.41, 5.74) is 5.06. The van der Waals surface area contributed by atoms with Crippen molar-refractivity contribution in [1.29, 1.82) is 5.26 Å². The average Bonchev–Trinajstić information content (AvgIpc) is 2.14. The van der Waals surface area contributed by atoms with Crippen molar-refractivity contribution in [1.82, 2.24) is 0 Å². The molecule has 96 valence electrons. The summed E-state index contributed by atoms with van der Waals surface area (Å²) >= 11 is 0. The van der Waals surface area contributed by atoms with E-state index in [2.05, 4.69) is 13.2 Å². The average molecular weight is 260 g/mol. The molecule has 0 aliphatic heterocycles. The molecule has 0 heterocycles. The number of carbonyl (C=O) groups excluding carboxylic acids is 1. The van der Waals surface area contributed by atoms with E-state index in [9.17, 15) is 13.2 Å². The molecule has 0 fully saturated rings. The minimum Gasteiger partial charge on any atom is -0.366 e. The maximum atomic E-state index is 10.5. The van der Waals surface area contributed by atoms with Crippen molar-refractivity contribution in [3.05, 3.63) is 24.8 Å². The van der Waals surface area contributed by atoms with E-state index < -0.39 is 16.0 Å². The first-order valence-corrected chi connectivity index (χ1v) is 6.18. The Bertz CT molecular complexity index is 420. The number of hydrogen-bond acceptors (Lipinski definition) is 4. The summed E-state index contributed by atoms with van der Waals surface area (Å²) in [5, 5.41) is 7.51. The molecular formula is C10H16N2O4S. The highest BCUT2D eigenvalue weighted by Crippen LogP contribution is 2.10. The zero-order valence-electron chi connectivity index (χ0n) is 9.59. The lowest BCUT2D eigenvalue weighted by atomic mass is 10.0. The molecule has 0 aliphatic rings. The van der Waals surface area contributed by atoms with Gasteiger partial charge in [0.05, 0.1) is 11.8 Å². The number of rotatable bonds is 5. The van der Waals surface area contributed by atoms with Crippen LogP contribution < -0.4 is 5.73 Å². The maximum absolute atomic E-state index is 10.5. The smallest absolute Gasteiger partial charge is 0.265 e. The van der Waals surface area contributed by atoms with Crippen LogP contribution in [0.25, 0.3) is 0 Å². The molecule has 0 radical (unpaired) electrons. The molecule has 0 aromatic rings. The van der Waals surface area contributed by atoms with Crippen molar-refractivity contribution in [2.24, 2.45) is 11.7 Å². The first kappa shape index (κ1) is 17.7. The summed E-state index contributed by atoms with van der Waals surface area (Å²) < 4.78 is 29.3. The number of allylic oxidation sites excluding steroid dienone is 1. The van der Waals surface area contributed by atoms with E-state index >= 15 is 0 Å². The van der Waals surface area contributed by atoms with Gasteiger partial charge in [0.25, 0.3) is 10.1 Å². The first-order chi connectivity index (χ1) is 7.64. The van der Waals surface area contributed by atoms with Gasteiger partial charge in [-0.25, -0.2) is 0 Å². The topological polar surface area (TPSA) is 121 Å². The fourth-order valence-corrected chi connectivity index (χ4v) is 1.78. The summed E-state index contributed by atoms with van der Waals surface area (Å²) in [6, 6.07) is 1.69. The number of nitrogens with two attached hydrogens (primary N) is 1. The van der Waals surface area contributed by atoms with E-state index in [0.717, 1.165) is 0 Å². The third-order valence-corrected chi connectivity index (χ3v) is 2.52. The monoisotopic (exact) mass is 260 g/mol. The highest BCUT2D eigenvalue weighted by Gasteiger charge is 2.14. The Kier molecular flexibility index (Phi) is 8.86. The maximum Gasteiger partial charge on any atom is 0.265 e. The van der Waals surface area contributed by atoms with E-state index in [-0.39, 0.29) is 23.7 Å². The fourth-order valence-electron chi connectivity index (χ4n) is 0.940. The van der Waals surface area contributed by atoms with Crippen LogP contribution in [0, 0.1) is 17.2 Å². The molecule has 0 saturated carbocycles. The van der Waals surface area contributed by atoms with Crippen LogP contribution in [0.4, 0.5) is 0 Å². The fraction of sp³-hybridized carbons (Fsp3) is 0.400. The number of nitriles is 1. The van der Waals surface area contributed by atoms with Gasteiger partial charge in [0.2, 0.25) is 5.91 Å². The number of carbonyl (C=O) groups is 1. The van der Waals surface area contributed by atoms with Crippen molar-refractivity contribution in [2.75, 3.05) is 5.75 Å². The summed E-state index contributed by atoms with van der Waals surface area (Å²) in [7, 11) is -3.99. The number of nitrogens with zero attached hydrogens (tertiary/aromatic N) is 1. The largest absolute Gasteiger partial charge is 0.366 e. The van der Waals surface area contributed by atoms with Gasteiger partial charge in [-0.3, -0.25) is 9.35 Å². The quantitative estimate of drug-likeness (QED) is 0.426.